The second-order valence-corrected chi connectivity index (χ2v) is 0.918. The lowest BCUT2D eigenvalue weighted by molar-refractivity contribution is -0.134. The van der Waals surface area contributed by atoms with Gasteiger partial charge in [-0.15, -0.1) is 0 Å². The average molecular weight is 132 g/mol. The van der Waals surface area contributed by atoms with Gasteiger partial charge in [0.2, 0.25) is 0 Å². The highest BCUT2D eigenvalue weighted by molar-refractivity contribution is 5.62. The molecule has 52 valence electrons. The van der Waals surface area contributed by atoms with E-state index in [2.05, 4.69) is 11.3 Å². The molecule has 4 heteroatoms. The smallest absolute Gasteiger partial charge is 0.300 e. The highest BCUT2D eigenvalue weighted by Gasteiger charge is 1.65. The van der Waals surface area contributed by atoms with Crippen molar-refractivity contribution < 1.29 is 19.4 Å². The standard InChI is InChI=1S/C3H4O2.C2H4O2/c1-2-5-3-4;1-2(3)4/h2-3H,1H2;1H3,(H,3,4). The van der Waals surface area contributed by atoms with Crippen LogP contribution in [0.2, 0.25) is 0 Å². The van der Waals surface area contributed by atoms with E-state index in [4.69, 9.17) is 14.7 Å². The quantitative estimate of drug-likeness (QED) is 0.436. The largest absolute Gasteiger partial charge is 0.481 e. The Labute approximate surface area is 52.7 Å². The van der Waals surface area contributed by atoms with Crippen LogP contribution >= 0.6 is 0 Å². The van der Waals surface area contributed by atoms with E-state index in [9.17, 15) is 0 Å². The van der Waals surface area contributed by atoms with Gasteiger partial charge < -0.3 is 9.84 Å². The number of carboxylic acids is 1. The Hall–Kier alpha value is -1.32. The van der Waals surface area contributed by atoms with Gasteiger partial charge in [-0.2, -0.15) is 0 Å². The van der Waals surface area contributed by atoms with Gasteiger partial charge in [-0.3, -0.25) is 9.59 Å². The van der Waals surface area contributed by atoms with E-state index in [1.54, 1.807) is 0 Å². The highest BCUT2D eigenvalue weighted by atomic mass is 16.5. The molecule has 0 amide bonds. The molecule has 0 aliphatic rings. The Morgan fingerprint density at radius 1 is 1.78 bits per heavy atom. The summed E-state index contributed by atoms with van der Waals surface area (Å²) in [5.41, 5.74) is 0. The van der Waals surface area contributed by atoms with Gasteiger partial charge in [0.05, 0.1) is 6.26 Å². The molecule has 0 aromatic heterocycles. The number of carboxylic acid groups (broad SMARTS) is 1. The minimum atomic E-state index is -0.833. The highest BCUT2D eigenvalue weighted by Crippen LogP contribution is 1.55. The van der Waals surface area contributed by atoms with E-state index in [0.717, 1.165) is 13.2 Å². The second-order valence-electron chi connectivity index (χ2n) is 0.918. The molecule has 0 aromatic rings. The lowest BCUT2D eigenvalue weighted by Crippen LogP contribution is -1.78. The van der Waals surface area contributed by atoms with E-state index in [-0.39, 0.29) is 0 Å². The number of carbonyl (C=O) groups excluding carboxylic acids is 1. The van der Waals surface area contributed by atoms with Gasteiger partial charge in [-0.25, -0.2) is 0 Å². The fraction of sp³-hybridized carbons (Fsp3) is 0.200. The molecule has 0 radical (unpaired) electrons. The Balaban J connectivity index is 0. The Bertz CT molecular complexity index is 87.1. The number of hydrogen-bond donors (Lipinski definition) is 1. The van der Waals surface area contributed by atoms with E-state index in [0.29, 0.717) is 6.47 Å². The molecule has 1 N–H and O–H groups in total. The van der Waals surface area contributed by atoms with Crippen LogP contribution in [0.4, 0.5) is 0 Å². The third-order valence-corrected chi connectivity index (χ3v) is 0.152. The van der Waals surface area contributed by atoms with Gasteiger partial charge in [-0.05, 0) is 0 Å². The third kappa shape index (κ3) is 316. The molecule has 0 saturated heterocycles. The predicted octanol–water partition coefficient (Wildman–Crippen LogP) is 0.394. The monoisotopic (exact) mass is 132 g/mol. The minimum absolute atomic E-state index is 0.312. The number of carbonyl (C=O) groups is 2. The van der Waals surface area contributed by atoms with Crippen molar-refractivity contribution in [3.05, 3.63) is 12.8 Å². The normalized spacial score (nSPS) is 5.89. The van der Waals surface area contributed by atoms with Crippen molar-refractivity contribution in [3.8, 4) is 0 Å². The lowest BCUT2D eigenvalue weighted by Gasteiger charge is -1.71. The first kappa shape index (κ1) is 10.6. The SMILES string of the molecule is C=COC=O.CC(=O)O. The van der Waals surface area contributed by atoms with Crippen LogP contribution in [-0.4, -0.2) is 17.5 Å². The van der Waals surface area contributed by atoms with E-state index < -0.39 is 5.97 Å². The average Bonchev–Trinajstić information content (AvgIpc) is 1.66. The first-order chi connectivity index (χ1) is 4.15. The molecule has 0 aliphatic carbocycles. The van der Waals surface area contributed by atoms with E-state index in [1.807, 2.05) is 0 Å². The summed E-state index contributed by atoms with van der Waals surface area (Å²) in [5, 5.41) is 7.42. The van der Waals surface area contributed by atoms with Crippen molar-refractivity contribution in [2.45, 2.75) is 6.92 Å². The van der Waals surface area contributed by atoms with Crippen LogP contribution in [0.5, 0.6) is 0 Å². The summed E-state index contributed by atoms with van der Waals surface area (Å²) in [6.07, 6.45) is 1.06. The van der Waals surface area contributed by atoms with Crippen molar-refractivity contribution in [2.24, 2.45) is 0 Å². The van der Waals surface area contributed by atoms with Gasteiger partial charge in [-0.1, -0.05) is 6.58 Å². The zero-order valence-electron chi connectivity index (χ0n) is 5.03. The summed E-state index contributed by atoms with van der Waals surface area (Å²) in [6, 6.07) is 0. The Morgan fingerprint density at radius 3 is 2.11 bits per heavy atom. The summed E-state index contributed by atoms with van der Waals surface area (Å²) in [4.78, 5) is 18.1. The zero-order chi connectivity index (χ0) is 7.70. The molecule has 0 spiro atoms. The van der Waals surface area contributed by atoms with Crippen LogP contribution in [0.1, 0.15) is 6.92 Å². The van der Waals surface area contributed by atoms with Gasteiger partial charge in [0, 0.05) is 6.92 Å². The maximum absolute atomic E-state index is 9.11. The molecule has 0 saturated carbocycles. The maximum atomic E-state index is 9.11. The molecule has 0 aromatic carbocycles. The van der Waals surface area contributed by atoms with Crippen LogP contribution in [0, 0.1) is 0 Å². The van der Waals surface area contributed by atoms with Crippen molar-refractivity contribution in [1.29, 1.82) is 0 Å². The molecule has 0 bridgehead atoms. The Kier molecular flexibility index (Phi) is 11.6. The summed E-state index contributed by atoms with van der Waals surface area (Å²) in [5.74, 6) is -0.833. The van der Waals surface area contributed by atoms with Crippen molar-refractivity contribution in [1.82, 2.24) is 0 Å². The van der Waals surface area contributed by atoms with Crippen molar-refractivity contribution in [3.63, 3.8) is 0 Å². The molecular weight excluding hydrogens is 124 g/mol. The topological polar surface area (TPSA) is 63.6 Å². The molecule has 0 fully saturated rings. The van der Waals surface area contributed by atoms with E-state index in [1.165, 1.54) is 0 Å². The summed E-state index contributed by atoms with van der Waals surface area (Å²) < 4.78 is 3.92. The molecule has 0 aliphatic heterocycles. The van der Waals surface area contributed by atoms with Crippen LogP contribution in [-0.2, 0) is 14.3 Å². The fourth-order valence-electron chi connectivity index (χ4n) is 0.0393. The van der Waals surface area contributed by atoms with Crippen LogP contribution in [0.15, 0.2) is 12.8 Å². The van der Waals surface area contributed by atoms with Crippen LogP contribution in [0.25, 0.3) is 0 Å². The van der Waals surface area contributed by atoms with Gasteiger partial charge in [0.1, 0.15) is 0 Å². The zero-order valence-corrected chi connectivity index (χ0v) is 5.03. The molecule has 0 atom stereocenters. The molecule has 4 nitrogen and oxygen atoms in total. The lowest BCUT2D eigenvalue weighted by atomic mass is 10.9. The van der Waals surface area contributed by atoms with Crippen LogP contribution in [0.3, 0.4) is 0 Å². The number of ether oxygens (including phenoxy) is 1. The first-order valence-electron chi connectivity index (χ1n) is 2.04. The van der Waals surface area contributed by atoms with E-state index >= 15 is 0 Å². The fourth-order valence-corrected chi connectivity index (χ4v) is 0.0393. The predicted molar refractivity (Wildman–Crippen MR) is 30.7 cm³/mol. The number of aliphatic carboxylic acids is 1. The number of hydrogen-bond acceptors (Lipinski definition) is 3. The Morgan fingerprint density at radius 2 is 2.11 bits per heavy atom. The maximum Gasteiger partial charge on any atom is 0.300 e. The third-order valence-electron chi connectivity index (χ3n) is 0.152. The second kappa shape index (κ2) is 9.84. The van der Waals surface area contributed by atoms with Crippen molar-refractivity contribution >= 4 is 12.4 Å². The summed E-state index contributed by atoms with van der Waals surface area (Å²) in [7, 11) is 0. The van der Waals surface area contributed by atoms with Crippen LogP contribution < -0.4 is 0 Å². The molecular formula is C5H8O4. The first-order valence-corrected chi connectivity index (χ1v) is 2.04. The molecule has 9 heavy (non-hydrogen) atoms. The number of rotatable bonds is 2. The summed E-state index contributed by atoms with van der Waals surface area (Å²) >= 11 is 0. The molecule has 0 heterocycles. The molecule has 0 unspecified atom stereocenters. The minimum Gasteiger partial charge on any atom is -0.481 e. The van der Waals surface area contributed by atoms with Gasteiger partial charge in [0.15, 0.2) is 0 Å². The van der Waals surface area contributed by atoms with Gasteiger partial charge >= 0.3 is 0 Å². The summed E-state index contributed by atoms with van der Waals surface area (Å²) in [6.45, 7) is 4.49. The molecule has 0 rings (SSSR count). The van der Waals surface area contributed by atoms with Crippen molar-refractivity contribution in [2.75, 3.05) is 0 Å². The van der Waals surface area contributed by atoms with Gasteiger partial charge in [0.25, 0.3) is 12.4 Å².